The van der Waals surface area contributed by atoms with Crippen molar-refractivity contribution in [1.82, 2.24) is 10.3 Å². The summed E-state index contributed by atoms with van der Waals surface area (Å²) in [5.74, 6) is 1.33. The van der Waals surface area contributed by atoms with Gasteiger partial charge in [0, 0.05) is 10.9 Å². The lowest BCUT2D eigenvalue weighted by atomic mass is 10.1. The fraction of sp³-hybridized carbons (Fsp3) is 0.176. The summed E-state index contributed by atoms with van der Waals surface area (Å²) < 4.78 is 5.72. The Kier molecular flexibility index (Phi) is 4.06. The predicted octanol–water partition coefficient (Wildman–Crippen LogP) is 3.95. The molecule has 0 aliphatic carbocycles. The number of hydrogen-bond donors (Lipinski definition) is 1. The van der Waals surface area contributed by atoms with E-state index in [4.69, 9.17) is 4.42 Å². The highest BCUT2D eigenvalue weighted by Crippen LogP contribution is 2.23. The molecule has 1 amide bonds. The molecule has 0 aliphatic heterocycles. The van der Waals surface area contributed by atoms with E-state index in [9.17, 15) is 4.79 Å². The minimum absolute atomic E-state index is 0.109. The summed E-state index contributed by atoms with van der Waals surface area (Å²) in [6.07, 6.45) is 0. The van der Waals surface area contributed by atoms with E-state index >= 15 is 0 Å². The number of carbonyl (C=O) groups is 1. The van der Waals surface area contributed by atoms with Crippen LogP contribution >= 0.6 is 11.3 Å². The van der Waals surface area contributed by atoms with E-state index in [0.717, 1.165) is 22.0 Å². The minimum Gasteiger partial charge on any atom is -0.458 e. The Labute approximate surface area is 132 Å². The van der Waals surface area contributed by atoms with Gasteiger partial charge in [0.2, 0.25) is 0 Å². The molecule has 0 unspecified atom stereocenters. The van der Waals surface area contributed by atoms with Crippen molar-refractivity contribution in [2.45, 2.75) is 20.4 Å². The standard InChI is InChI=1S/C17H16N2O2S/c1-11-3-5-13(6-4-11)17(20)18-9-14-7-8-16(21-14)15-10-22-12(2)19-15/h3-8,10H,9H2,1-2H3,(H,18,20). The van der Waals surface area contributed by atoms with Crippen molar-refractivity contribution in [1.29, 1.82) is 0 Å². The highest BCUT2D eigenvalue weighted by atomic mass is 32.1. The summed E-state index contributed by atoms with van der Waals surface area (Å²) in [6.45, 7) is 4.31. The van der Waals surface area contributed by atoms with Crippen molar-refractivity contribution >= 4 is 17.2 Å². The van der Waals surface area contributed by atoms with Crippen LogP contribution < -0.4 is 5.32 Å². The van der Waals surface area contributed by atoms with Gasteiger partial charge in [0.15, 0.2) is 5.76 Å². The lowest BCUT2D eigenvalue weighted by Crippen LogP contribution is -2.22. The number of hydrogen-bond acceptors (Lipinski definition) is 4. The van der Waals surface area contributed by atoms with Crippen molar-refractivity contribution in [3.05, 3.63) is 63.7 Å². The monoisotopic (exact) mass is 312 g/mol. The number of nitrogens with one attached hydrogen (secondary N) is 1. The van der Waals surface area contributed by atoms with Crippen LogP contribution in [0.2, 0.25) is 0 Å². The number of furan rings is 1. The number of benzene rings is 1. The van der Waals surface area contributed by atoms with Crippen LogP contribution in [0.3, 0.4) is 0 Å². The molecule has 0 bridgehead atoms. The van der Waals surface area contributed by atoms with E-state index in [-0.39, 0.29) is 5.91 Å². The van der Waals surface area contributed by atoms with E-state index in [0.29, 0.717) is 17.9 Å². The van der Waals surface area contributed by atoms with E-state index < -0.39 is 0 Å². The van der Waals surface area contributed by atoms with Crippen LogP contribution in [0.25, 0.3) is 11.5 Å². The topological polar surface area (TPSA) is 55.1 Å². The number of aryl methyl sites for hydroxylation is 2. The zero-order valence-corrected chi connectivity index (χ0v) is 13.2. The van der Waals surface area contributed by atoms with E-state index in [2.05, 4.69) is 10.3 Å². The molecule has 0 saturated carbocycles. The normalized spacial score (nSPS) is 10.6. The van der Waals surface area contributed by atoms with Crippen molar-refractivity contribution in [3.63, 3.8) is 0 Å². The molecule has 22 heavy (non-hydrogen) atoms. The van der Waals surface area contributed by atoms with Crippen LogP contribution in [0.15, 0.2) is 46.2 Å². The van der Waals surface area contributed by atoms with Gasteiger partial charge in [0.05, 0.1) is 11.6 Å². The van der Waals surface area contributed by atoms with Gasteiger partial charge in [-0.15, -0.1) is 11.3 Å². The number of aromatic nitrogens is 1. The Hall–Kier alpha value is -2.40. The molecule has 4 nitrogen and oxygen atoms in total. The lowest BCUT2D eigenvalue weighted by molar-refractivity contribution is 0.0948. The summed E-state index contributed by atoms with van der Waals surface area (Å²) in [5.41, 5.74) is 2.61. The van der Waals surface area contributed by atoms with Crippen molar-refractivity contribution in [2.24, 2.45) is 0 Å². The van der Waals surface area contributed by atoms with Gasteiger partial charge in [-0.05, 0) is 38.1 Å². The summed E-state index contributed by atoms with van der Waals surface area (Å²) in [7, 11) is 0. The molecule has 3 rings (SSSR count). The van der Waals surface area contributed by atoms with Crippen molar-refractivity contribution < 1.29 is 9.21 Å². The quantitative estimate of drug-likeness (QED) is 0.793. The first kappa shape index (κ1) is 14.5. The van der Waals surface area contributed by atoms with Gasteiger partial charge in [0.25, 0.3) is 5.91 Å². The van der Waals surface area contributed by atoms with Crippen LogP contribution in [0, 0.1) is 13.8 Å². The average Bonchev–Trinajstić information content (AvgIpc) is 3.14. The number of rotatable bonds is 4. The Morgan fingerprint density at radius 1 is 1.18 bits per heavy atom. The highest BCUT2D eigenvalue weighted by Gasteiger charge is 2.09. The SMILES string of the molecule is Cc1ccc(C(=O)NCc2ccc(-c3csc(C)n3)o2)cc1. The molecule has 0 aliphatic rings. The molecule has 112 valence electrons. The molecular formula is C17H16N2O2S. The predicted molar refractivity (Wildman–Crippen MR) is 86.9 cm³/mol. The number of carbonyl (C=O) groups excluding carboxylic acids is 1. The van der Waals surface area contributed by atoms with Crippen molar-refractivity contribution in [2.75, 3.05) is 0 Å². The van der Waals surface area contributed by atoms with Gasteiger partial charge in [0.1, 0.15) is 11.5 Å². The summed E-state index contributed by atoms with van der Waals surface area (Å²) in [5, 5.41) is 5.82. The molecule has 0 atom stereocenters. The van der Waals surface area contributed by atoms with Crippen LogP contribution in [0.4, 0.5) is 0 Å². The molecule has 0 saturated heterocycles. The van der Waals surface area contributed by atoms with Crippen LogP contribution in [-0.4, -0.2) is 10.9 Å². The van der Waals surface area contributed by atoms with Gasteiger partial charge in [-0.3, -0.25) is 4.79 Å². The largest absolute Gasteiger partial charge is 0.458 e. The molecule has 0 spiro atoms. The molecule has 0 radical (unpaired) electrons. The maximum absolute atomic E-state index is 12.0. The first-order valence-corrected chi connectivity index (χ1v) is 7.86. The molecular weight excluding hydrogens is 296 g/mol. The van der Waals surface area contributed by atoms with Gasteiger partial charge < -0.3 is 9.73 Å². The summed E-state index contributed by atoms with van der Waals surface area (Å²) >= 11 is 1.58. The van der Waals surface area contributed by atoms with Crippen molar-refractivity contribution in [3.8, 4) is 11.5 Å². The Morgan fingerprint density at radius 3 is 2.64 bits per heavy atom. The van der Waals surface area contributed by atoms with Gasteiger partial charge in [-0.1, -0.05) is 17.7 Å². The molecule has 3 aromatic rings. The second kappa shape index (κ2) is 6.15. The smallest absolute Gasteiger partial charge is 0.251 e. The number of amides is 1. The molecule has 0 fully saturated rings. The molecule has 2 aromatic heterocycles. The third-order valence-electron chi connectivity index (χ3n) is 3.27. The summed E-state index contributed by atoms with van der Waals surface area (Å²) in [4.78, 5) is 16.4. The van der Waals surface area contributed by atoms with Crippen LogP contribution in [0.5, 0.6) is 0 Å². The molecule has 2 heterocycles. The third kappa shape index (κ3) is 3.26. The van der Waals surface area contributed by atoms with Crippen LogP contribution in [0.1, 0.15) is 26.7 Å². The Balaban J connectivity index is 1.63. The summed E-state index contributed by atoms with van der Waals surface area (Å²) in [6, 6.07) is 11.2. The maximum atomic E-state index is 12.0. The Morgan fingerprint density at radius 2 is 1.95 bits per heavy atom. The molecule has 1 aromatic carbocycles. The third-order valence-corrected chi connectivity index (χ3v) is 4.04. The lowest BCUT2D eigenvalue weighted by Gasteiger charge is -2.03. The zero-order chi connectivity index (χ0) is 15.5. The fourth-order valence-corrected chi connectivity index (χ4v) is 2.66. The number of thiazole rings is 1. The van der Waals surface area contributed by atoms with E-state index in [1.807, 2.05) is 55.6 Å². The molecule has 5 heteroatoms. The van der Waals surface area contributed by atoms with Crippen LogP contribution in [-0.2, 0) is 6.54 Å². The second-order valence-electron chi connectivity index (χ2n) is 5.07. The first-order chi connectivity index (χ1) is 10.6. The maximum Gasteiger partial charge on any atom is 0.251 e. The van der Waals surface area contributed by atoms with E-state index in [1.165, 1.54) is 0 Å². The van der Waals surface area contributed by atoms with E-state index in [1.54, 1.807) is 11.3 Å². The zero-order valence-electron chi connectivity index (χ0n) is 12.4. The fourth-order valence-electron chi connectivity index (χ4n) is 2.06. The average molecular weight is 312 g/mol. The van der Waals surface area contributed by atoms with Gasteiger partial charge in [-0.25, -0.2) is 4.98 Å². The second-order valence-corrected chi connectivity index (χ2v) is 6.13. The number of nitrogens with zero attached hydrogens (tertiary/aromatic N) is 1. The highest BCUT2D eigenvalue weighted by molar-refractivity contribution is 7.09. The first-order valence-electron chi connectivity index (χ1n) is 6.98. The minimum atomic E-state index is -0.109. The van der Waals surface area contributed by atoms with Gasteiger partial charge >= 0.3 is 0 Å². The molecule has 1 N–H and O–H groups in total. The Bertz CT molecular complexity index is 787. The van der Waals surface area contributed by atoms with Gasteiger partial charge in [-0.2, -0.15) is 0 Å².